The van der Waals surface area contributed by atoms with Crippen LogP contribution in [-0.4, -0.2) is 32.7 Å². The van der Waals surface area contributed by atoms with Gasteiger partial charge in [0.25, 0.3) is 0 Å². The van der Waals surface area contributed by atoms with Crippen molar-refractivity contribution in [1.29, 1.82) is 0 Å². The smallest absolute Gasteiger partial charge is 0.350 e. The first-order chi connectivity index (χ1) is 13.6. The molecular formula is C19H20N4O4S. The number of nitrogens with one attached hydrogen (secondary N) is 1. The Morgan fingerprint density at radius 3 is 2.89 bits per heavy atom. The van der Waals surface area contributed by atoms with Crippen molar-refractivity contribution in [2.45, 2.75) is 39.2 Å². The number of carbonyl (C=O) groups is 2. The molecule has 0 atom stereocenters. The summed E-state index contributed by atoms with van der Waals surface area (Å²) in [5.74, 6) is -0.822. The maximum absolute atomic E-state index is 12.6. The van der Waals surface area contributed by atoms with Crippen LogP contribution >= 0.6 is 11.3 Å². The molecule has 4 rings (SSSR count). The Hall–Kier alpha value is -2.94. The van der Waals surface area contributed by atoms with E-state index < -0.39 is 11.9 Å². The van der Waals surface area contributed by atoms with E-state index >= 15 is 0 Å². The van der Waals surface area contributed by atoms with E-state index in [9.17, 15) is 14.4 Å². The third-order valence-electron chi connectivity index (χ3n) is 4.69. The van der Waals surface area contributed by atoms with Crippen molar-refractivity contribution in [3.05, 3.63) is 50.9 Å². The van der Waals surface area contributed by atoms with Crippen LogP contribution in [-0.2, 0) is 28.9 Å². The normalized spacial score (nSPS) is 13.3. The lowest BCUT2D eigenvalue weighted by molar-refractivity contribution is -0.116. The van der Waals surface area contributed by atoms with E-state index in [2.05, 4.69) is 10.4 Å². The molecule has 3 aromatic heterocycles. The summed E-state index contributed by atoms with van der Waals surface area (Å²) in [7, 11) is 0. The van der Waals surface area contributed by atoms with Crippen LogP contribution in [0.25, 0.3) is 5.65 Å². The number of carbonyl (C=O) groups excluding carboxylic acids is 2. The minimum absolute atomic E-state index is 0.231. The average Bonchev–Trinajstić information content (AvgIpc) is 3.19. The second kappa shape index (κ2) is 7.59. The number of amides is 1. The van der Waals surface area contributed by atoms with Gasteiger partial charge < -0.3 is 10.1 Å². The molecule has 0 spiro atoms. The maximum Gasteiger partial charge on any atom is 0.350 e. The van der Waals surface area contributed by atoms with Gasteiger partial charge in [0.15, 0.2) is 5.65 Å². The molecule has 0 bridgehead atoms. The Morgan fingerprint density at radius 1 is 1.29 bits per heavy atom. The van der Waals surface area contributed by atoms with Crippen molar-refractivity contribution in [3.63, 3.8) is 0 Å². The Labute approximate surface area is 164 Å². The zero-order chi connectivity index (χ0) is 19.7. The van der Waals surface area contributed by atoms with Crippen LogP contribution in [0.5, 0.6) is 0 Å². The van der Waals surface area contributed by atoms with Crippen molar-refractivity contribution in [1.82, 2.24) is 14.2 Å². The number of nitrogens with zero attached hydrogens (tertiary/aromatic N) is 3. The van der Waals surface area contributed by atoms with Gasteiger partial charge in [-0.1, -0.05) is 6.07 Å². The number of esters is 1. The molecule has 0 aromatic carbocycles. The van der Waals surface area contributed by atoms with Gasteiger partial charge in [-0.15, -0.1) is 16.4 Å². The van der Waals surface area contributed by atoms with Crippen molar-refractivity contribution in [2.75, 3.05) is 11.9 Å². The van der Waals surface area contributed by atoms with Crippen LogP contribution in [0.4, 0.5) is 5.00 Å². The zero-order valence-corrected chi connectivity index (χ0v) is 16.3. The SMILES string of the molecule is CCOC(=O)c1c(NC(=O)Cn2nc3ccccn3c2=O)sc2c1CCCC2. The second-order valence-corrected chi connectivity index (χ2v) is 7.66. The van der Waals surface area contributed by atoms with Crippen LogP contribution < -0.4 is 11.0 Å². The lowest BCUT2D eigenvalue weighted by Crippen LogP contribution is -2.28. The number of aryl methyl sites for hydroxylation is 1. The average molecular weight is 400 g/mol. The maximum atomic E-state index is 12.6. The van der Waals surface area contributed by atoms with E-state index in [0.717, 1.165) is 40.8 Å². The standard InChI is InChI=1S/C19H20N4O4S/c1-2-27-18(25)16-12-7-3-4-8-13(12)28-17(16)20-15(24)11-23-19(26)22-10-6-5-9-14(22)21-23/h5-6,9-10H,2-4,7-8,11H2,1H3,(H,20,24). The topological polar surface area (TPSA) is 94.7 Å². The number of ether oxygens (including phenoxy) is 1. The highest BCUT2D eigenvalue weighted by Crippen LogP contribution is 2.38. The summed E-state index contributed by atoms with van der Waals surface area (Å²) in [4.78, 5) is 38.5. The van der Waals surface area contributed by atoms with Gasteiger partial charge in [-0.25, -0.2) is 14.3 Å². The second-order valence-electron chi connectivity index (χ2n) is 6.55. The van der Waals surface area contributed by atoms with E-state index in [-0.39, 0.29) is 18.8 Å². The van der Waals surface area contributed by atoms with Crippen molar-refractivity contribution >= 4 is 33.9 Å². The van der Waals surface area contributed by atoms with Crippen LogP contribution in [0.15, 0.2) is 29.2 Å². The molecule has 1 N–H and O–H groups in total. The van der Waals surface area contributed by atoms with Gasteiger partial charge in [-0.3, -0.25) is 9.20 Å². The molecule has 28 heavy (non-hydrogen) atoms. The number of hydrogen-bond acceptors (Lipinski definition) is 6. The molecule has 0 saturated heterocycles. The number of aromatic nitrogens is 3. The molecule has 0 fully saturated rings. The minimum Gasteiger partial charge on any atom is -0.462 e. The largest absolute Gasteiger partial charge is 0.462 e. The fourth-order valence-electron chi connectivity index (χ4n) is 3.45. The number of fused-ring (bicyclic) bond motifs is 2. The molecule has 0 unspecified atom stereocenters. The number of pyridine rings is 1. The lowest BCUT2D eigenvalue weighted by Gasteiger charge is -2.12. The van der Waals surface area contributed by atoms with Crippen molar-refractivity contribution in [2.24, 2.45) is 0 Å². The third-order valence-corrected chi connectivity index (χ3v) is 5.89. The molecule has 1 aliphatic rings. The summed E-state index contributed by atoms with van der Waals surface area (Å²) in [5.41, 5.74) is 1.52. The Morgan fingerprint density at radius 2 is 2.11 bits per heavy atom. The highest BCUT2D eigenvalue weighted by atomic mass is 32.1. The highest BCUT2D eigenvalue weighted by Gasteiger charge is 2.27. The molecule has 1 aliphatic carbocycles. The predicted octanol–water partition coefficient (Wildman–Crippen LogP) is 2.25. The molecule has 0 saturated carbocycles. The van der Waals surface area contributed by atoms with Crippen molar-refractivity contribution in [3.8, 4) is 0 Å². The fraction of sp³-hybridized carbons (Fsp3) is 0.368. The molecule has 3 aromatic rings. The molecule has 0 aliphatic heterocycles. The molecule has 146 valence electrons. The molecule has 8 nitrogen and oxygen atoms in total. The molecule has 0 radical (unpaired) electrons. The highest BCUT2D eigenvalue weighted by molar-refractivity contribution is 7.17. The van der Waals surface area contributed by atoms with E-state index in [4.69, 9.17) is 4.74 Å². The van der Waals surface area contributed by atoms with Gasteiger partial charge in [0.2, 0.25) is 5.91 Å². The Kier molecular flexibility index (Phi) is 4.99. The van der Waals surface area contributed by atoms with Gasteiger partial charge in [0, 0.05) is 11.1 Å². The summed E-state index contributed by atoms with van der Waals surface area (Å²) in [6.45, 7) is 1.80. The summed E-state index contributed by atoms with van der Waals surface area (Å²) in [5, 5.41) is 7.45. The van der Waals surface area contributed by atoms with Crippen LogP contribution in [0.1, 0.15) is 40.6 Å². The van der Waals surface area contributed by atoms with Crippen LogP contribution in [0.3, 0.4) is 0 Å². The molecule has 3 heterocycles. The summed E-state index contributed by atoms with van der Waals surface area (Å²) >= 11 is 1.42. The Balaban J connectivity index is 1.60. The number of thiophene rings is 1. The van der Waals surface area contributed by atoms with Gasteiger partial charge in [-0.05, 0) is 50.3 Å². The molecule has 9 heteroatoms. The van der Waals surface area contributed by atoms with Gasteiger partial charge in [-0.2, -0.15) is 0 Å². The van der Waals surface area contributed by atoms with Crippen molar-refractivity contribution < 1.29 is 14.3 Å². The first kappa shape index (κ1) is 18.4. The molecule has 1 amide bonds. The Bertz CT molecular complexity index is 1110. The fourth-order valence-corrected chi connectivity index (χ4v) is 4.74. The monoisotopic (exact) mass is 400 g/mol. The number of anilines is 1. The minimum atomic E-state index is -0.415. The van der Waals surface area contributed by atoms with E-state index in [0.29, 0.717) is 16.2 Å². The van der Waals surface area contributed by atoms with E-state index in [1.807, 2.05) is 0 Å². The number of rotatable bonds is 5. The quantitative estimate of drug-likeness (QED) is 0.663. The van der Waals surface area contributed by atoms with E-state index in [1.165, 1.54) is 15.7 Å². The summed E-state index contributed by atoms with van der Waals surface area (Å²) < 4.78 is 7.69. The van der Waals surface area contributed by atoms with Crippen LogP contribution in [0.2, 0.25) is 0 Å². The first-order valence-electron chi connectivity index (χ1n) is 9.24. The predicted molar refractivity (Wildman–Crippen MR) is 105 cm³/mol. The van der Waals surface area contributed by atoms with Gasteiger partial charge >= 0.3 is 11.7 Å². The number of hydrogen-bond donors (Lipinski definition) is 1. The summed E-state index contributed by atoms with van der Waals surface area (Å²) in [6, 6.07) is 5.19. The van der Waals surface area contributed by atoms with Gasteiger partial charge in [0.1, 0.15) is 11.5 Å². The third kappa shape index (κ3) is 3.33. The van der Waals surface area contributed by atoms with Crippen LogP contribution in [0, 0.1) is 0 Å². The van der Waals surface area contributed by atoms with Gasteiger partial charge in [0.05, 0.1) is 12.2 Å². The summed E-state index contributed by atoms with van der Waals surface area (Å²) in [6.07, 6.45) is 5.39. The first-order valence-corrected chi connectivity index (χ1v) is 10.1. The molecular weight excluding hydrogens is 380 g/mol. The zero-order valence-electron chi connectivity index (χ0n) is 15.4. The van der Waals surface area contributed by atoms with E-state index in [1.54, 1.807) is 31.3 Å². The lowest BCUT2D eigenvalue weighted by atomic mass is 9.95.